The smallest absolute Gasteiger partial charge is 0.223 e. The van der Waals surface area contributed by atoms with Gasteiger partial charge in [0.15, 0.2) is 5.78 Å². The zero-order chi connectivity index (χ0) is 21.6. The number of nitrogens with zero attached hydrogens (tertiary/aromatic N) is 4. The largest absolute Gasteiger partial charge is 0.353 e. The summed E-state index contributed by atoms with van der Waals surface area (Å²) in [4.78, 5) is 37.8. The number of aromatic nitrogens is 2. The molecule has 0 bridgehead atoms. The highest BCUT2D eigenvalue weighted by atomic mass is 16.2. The average Bonchev–Trinajstić information content (AvgIpc) is 2.83. The van der Waals surface area contributed by atoms with Crippen molar-refractivity contribution in [2.75, 3.05) is 31.1 Å². The minimum Gasteiger partial charge on any atom is -0.353 e. The van der Waals surface area contributed by atoms with E-state index in [4.69, 9.17) is 0 Å². The van der Waals surface area contributed by atoms with Crippen molar-refractivity contribution in [2.45, 2.75) is 19.8 Å². The molecule has 1 aromatic heterocycles. The van der Waals surface area contributed by atoms with Crippen LogP contribution in [0, 0.1) is 6.92 Å². The number of amides is 1. The molecule has 1 saturated heterocycles. The van der Waals surface area contributed by atoms with Gasteiger partial charge < -0.3 is 9.80 Å². The molecule has 0 spiro atoms. The third-order valence-corrected chi connectivity index (χ3v) is 5.62. The number of hydrogen-bond donors (Lipinski definition) is 0. The van der Waals surface area contributed by atoms with E-state index in [-0.39, 0.29) is 24.5 Å². The van der Waals surface area contributed by atoms with Crippen molar-refractivity contribution in [3.8, 4) is 11.3 Å². The van der Waals surface area contributed by atoms with Crippen LogP contribution in [0.2, 0.25) is 0 Å². The number of carbonyl (C=O) groups excluding carboxylic acids is 2. The van der Waals surface area contributed by atoms with Gasteiger partial charge >= 0.3 is 0 Å². The molecule has 158 valence electrons. The lowest BCUT2D eigenvalue weighted by atomic mass is 10.0. The Labute approximate surface area is 182 Å². The molecule has 1 fully saturated rings. The number of aryl methyl sites for hydroxylation is 1. The van der Waals surface area contributed by atoms with E-state index in [0.717, 1.165) is 22.6 Å². The Morgan fingerprint density at radius 2 is 1.58 bits per heavy atom. The summed E-state index contributed by atoms with van der Waals surface area (Å²) in [6, 6.07) is 19.5. The number of anilines is 1. The molecule has 3 aromatic rings. The van der Waals surface area contributed by atoms with E-state index in [1.807, 2.05) is 72.5 Å². The zero-order valence-electron chi connectivity index (χ0n) is 17.7. The summed E-state index contributed by atoms with van der Waals surface area (Å²) in [6.07, 6.45) is 2.08. The Kier molecular flexibility index (Phi) is 6.36. The Bertz CT molecular complexity index is 1040. The lowest BCUT2D eigenvalue weighted by Gasteiger charge is -2.35. The van der Waals surface area contributed by atoms with Gasteiger partial charge in [-0.2, -0.15) is 0 Å². The minimum absolute atomic E-state index is 0.0152. The Balaban J connectivity index is 1.30. The van der Waals surface area contributed by atoms with E-state index in [1.54, 1.807) is 6.33 Å². The lowest BCUT2D eigenvalue weighted by molar-refractivity contribution is -0.131. The number of rotatable bonds is 6. The lowest BCUT2D eigenvalue weighted by Crippen LogP contribution is -2.49. The summed E-state index contributed by atoms with van der Waals surface area (Å²) in [6.45, 7) is 4.66. The highest BCUT2D eigenvalue weighted by Crippen LogP contribution is 2.21. The molecule has 0 radical (unpaired) electrons. The first-order chi connectivity index (χ1) is 15.1. The van der Waals surface area contributed by atoms with Crippen molar-refractivity contribution >= 4 is 17.5 Å². The summed E-state index contributed by atoms with van der Waals surface area (Å²) < 4.78 is 0. The summed E-state index contributed by atoms with van der Waals surface area (Å²) in [7, 11) is 0. The molecule has 0 aliphatic carbocycles. The maximum Gasteiger partial charge on any atom is 0.223 e. The van der Waals surface area contributed by atoms with Gasteiger partial charge in [-0.3, -0.25) is 9.59 Å². The van der Waals surface area contributed by atoms with Crippen molar-refractivity contribution in [1.82, 2.24) is 14.9 Å². The SMILES string of the molecule is Cc1ccc(C(=O)CCC(=O)N2CCN(c3cc(-c4ccccc4)ncn3)CC2)cc1. The molecule has 6 nitrogen and oxygen atoms in total. The van der Waals surface area contributed by atoms with E-state index < -0.39 is 0 Å². The molecule has 0 atom stereocenters. The van der Waals surface area contributed by atoms with Gasteiger partial charge in [0.2, 0.25) is 5.91 Å². The van der Waals surface area contributed by atoms with Crippen molar-refractivity contribution in [1.29, 1.82) is 0 Å². The Hall–Kier alpha value is -3.54. The molecule has 4 rings (SSSR count). The minimum atomic E-state index is 0.0152. The third-order valence-electron chi connectivity index (χ3n) is 5.62. The second-order valence-electron chi connectivity index (χ2n) is 7.78. The highest BCUT2D eigenvalue weighted by molar-refractivity contribution is 5.98. The van der Waals surface area contributed by atoms with Crippen molar-refractivity contribution in [3.05, 3.63) is 78.1 Å². The fourth-order valence-electron chi connectivity index (χ4n) is 3.73. The number of piperazine rings is 1. The van der Waals surface area contributed by atoms with Gasteiger partial charge in [-0.05, 0) is 6.92 Å². The van der Waals surface area contributed by atoms with Gasteiger partial charge in [0.1, 0.15) is 12.1 Å². The fourth-order valence-corrected chi connectivity index (χ4v) is 3.73. The topological polar surface area (TPSA) is 66.4 Å². The normalized spacial score (nSPS) is 13.8. The standard InChI is InChI=1S/C25H26N4O2/c1-19-7-9-21(10-8-19)23(30)11-12-25(31)29-15-13-28(14-16-29)24-17-22(26-18-27-24)20-5-3-2-4-6-20/h2-10,17-18H,11-16H2,1H3. The molecule has 0 N–H and O–H groups in total. The zero-order valence-corrected chi connectivity index (χ0v) is 17.7. The van der Waals surface area contributed by atoms with E-state index in [0.29, 0.717) is 31.7 Å². The molecule has 6 heteroatoms. The van der Waals surface area contributed by atoms with Crippen molar-refractivity contribution in [2.24, 2.45) is 0 Å². The Morgan fingerprint density at radius 1 is 0.871 bits per heavy atom. The predicted octanol–water partition coefficient (Wildman–Crippen LogP) is 3.76. The van der Waals surface area contributed by atoms with Gasteiger partial charge in [0, 0.05) is 56.2 Å². The maximum absolute atomic E-state index is 12.6. The third kappa shape index (κ3) is 5.15. The van der Waals surface area contributed by atoms with Gasteiger partial charge in [0.25, 0.3) is 0 Å². The predicted molar refractivity (Wildman–Crippen MR) is 121 cm³/mol. The van der Waals surface area contributed by atoms with Gasteiger partial charge in [-0.1, -0.05) is 60.2 Å². The van der Waals surface area contributed by atoms with Crippen LogP contribution < -0.4 is 4.90 Å². The number of carbonyl (C=O) groups is 2. The van der Waals surface area contributed by atoms with Crippen LogP contribution in [0.3, 0.4) is 0 Å². The van der Waals surface area contributed by atoms with Crippen LogP contribution in [0.5, 0.6) is 0 Å². The number of benzene rings is 2. The van der Waals surface area contributed by atoms with E-state index >= 15 is 0 Å². The van der Waals surface area contributed by atoms with Gasteiger partial charge in [-0.15, -0.1) is 0 Å². The summed E-state index contributed by atoms with van der Waals surface area (Å²) in [5.74, 6) is 0.921. The number of ketones is 1. The summed E-state index contributed by atoms with van der Waals surface area (Å²) >= 11 is 0. The van der Waals surface area contributed by atoms with Gasteiger partial charge in [0.05, 0.1) is 5.69 Å². The molecule has 0 unspecified atom stereocenters. The molecule has 1 aliphatic heterocycles. The van der Waals surface area contributed by atoms with E-state index in [2.05, 4.69) is 14.9 Å². The summed E-state index contributed by atoms with van der Waals surface area (Å²) in [5, 5.41) is 0. The first kappa shape index (κ1) is 20.7. The average molecular weight is 415 g/mol. The van der Waals surface area contributed by atoms with Crippen LogP contribution in [0.25, 0.3) is 11.3 Å². The van der Waals surface area contributed by atoms with Crippen molar-refractivity contribution in [3.63, 3.8) is 0 Å². The molecule has 1 amide bonds. The molecular weight excluding hydrogens is 388 g/mol. The van der Waals surface area contributed by atoms with E-state index in [1.165, 1.54) is 0 Å². The second kappa shape index (κ2) is 9.51. The van der Waals surface area contributed by atoms with Crippen LogP contribution in [0.4, 0.5) is 5.82 Å². The van der Waals surface area contributed by atoms with E-state index in [9.17, 15) is 9.59 Å². The fraction of sp³-hybridized carbons (Fsp3) is 0.280. The summed E-state index contributed by atoms with van der Waals surface area (Å²) in [5.41, 5.74) is 3.73. The van der Waals surface area contributed by atoms with Crippen LogP contribution in [-0.2, 0) is 4.79 Å². The highest BCUT2D eigenvalue weighted by Gasteiger charge is 2.22. The number of Topliss-reactive ketones (excluding diaryl/α,β-unsaturated/α-hetero) is 1. The number of hydrogen-bond acceptors (Lipinski definition) is 5. The van der Waals surface area contributed by atoms with Crippen LogP contribution in [0.1, 0.15) is 28.8 Å². The second-order valence-corrected chi connectivity index (χ2v) is 7.78. The monoisotopic (exact) mass is 414 g/mol. The molecule has 1 aliphatic rings. The van der Waals surface area contributed by atoms with Crippen LogP contribution in [-0.4, -0.2) is 52.7 Å². The first-order valence-electron chi connectivity index (χ1n) is 10.6. The van der Waals surface area contributed by atoms with Crippen LogP contribution in [0.15, 0.2) is 67.0 Å². The van der Waals surface area contributed by atoms with Crippen molar-refractivity contribution < 1.29 is 9.59 Å². The van der Waals surface area contributed by atoms with Gasteiger partial charge in [-0.25, -0.2) is 9.97 Å². The first-order valence-corrected chi connectivity index (χ1v) is 10.6. The maximum atomic E-state index is 12.6. The van der Waals surface area contributed by atoms with Crippen LogP contribution >= 0.6 is 0 Å². The molecule has 2 heterocycles. The molecule has 0 saturated carbocycles. The molecule has 2 aromatic carbocycles. The molecular formula is C25H26N4O2. The Morgan fingerprint density at radius 3 is 2.29 bits per heavy atom. The quantitative estimate of drug-likeness (QED) is 0.575. The molecule has 31 heavy (non-hydrogen) atoms.